The third-order valence-electron chi connectivity index (χ3n) is 11.8. The van der Waals surface area contributed by atoms with Crippen LogP contribution in [0.1, 0.15) is 37.8 Å². The zero-order valence-corrected chi connectivity index (χ0v) is 30.0. The highest BCUT2D eigenvalue weighted by Gasteiger charge is 2.40. The summed E-state index contributed by atoms with van der Waals surface area (Å²) >= 11 is 0. The highest BCUT2D eigenvalue weighted by molar-refractivity contribution is 6.18. The van der Waals surface area contributed by atoms with Crippen molar-refractivity contribution in [2.45, 2.75) is 32.1 Å². The second kappa shape index (κ2) is 12.4. The number of hydrogen-bond acceptors (Lipinski definition) is 2. The fraction of sp³-hybridized carbons (Fsp3) is 0.0980. The summed E-state index contributed by atoms with van der Waals surface area (Å²) in [6, 6.07) is 64.2. The van der Waals surface area contributed by atoms with E-state index in [0.717, 1.165) is 62.6 Å². The van der Waals surface area contributed by atoms with Crippen LogP contribution in [-0.4, -0.2) is 0 Å². The van der Waals surface area contributed by atoms with Crippen LogP contribution in [0.15, 0.2) is 180 Å². The maximum Gasteiger partial charge on any atom is 0.143 e. The molecule has 254 valence electrons. The minimum Gasteiger partial charge on any atom is -0.455 e. The zero-order chi connectivity index (χ0) is 35.5. The van der Waals surface area contributed by atoms with E-state index in [2.05, 4.69) is 189 Å². The molecule has 8 aromatic carbocycles. The van der Waals surface area contributed by atoms with Crippen molar-refractivity contribution in [3.05, 3.63) is 187 Å². The molecule has 0 bridgehead atoms. The molecule has 53 heavy (non-hydrogen) atoms. The van der Waals surface area contributed by atoms with Crippen molar-refractivity contribution < 1.29 is 4.42 Å². The van der Waals surface area contributed by atoms with Gasteiger partial charge in [-0.3, -0.25) is 0 Å². The van der Waals surface area contributed by atoms with Gasteiger partial charge in [0, 0.05) is 38.2 Å². The number of benzene rings is 8. The molecule has 0 amide bonds. The van der Waals surface area contributed by atoms with Gasteiger partial charge in [0.05, 0.1) is 11.4 Å². The van der Waals surface area contributed by atoms with Gasteiger partial charge in [-0.15, -0.1) is 0 Å². The quantitative estimate of drug-likeness (QED) is 0.166. The van der Waals surface area contributed by atoms with Crippen LogP contribution in [0.5, 0.6) is 0 Å². The number of anilines is 3. The number of fused-ring (bicyclic) bond motifs is 8. The van der Waals surface area contributed by atoms with Crippen LogP contribution >= 0.6 is 0 Å². The summed E-state index contributed by atoms with van der Waals surface area (Å²) in [6.45, 7) is 4.69. The molecule has 0 radical (unpaired) electrons. The number of nitrogens with zero attached hydrogens (tertiary/aromatic N) is 1. The Kier molecular flexibility index (Phi) is 7.33. The Bertz CT molecular complexity index is 2820. The molecule has 1 aliphatic carbocycles. The van der Waals surface area contributed by atoms with Crippen molar-refractivity contribution in [2.24, 2.45) is 0 Å². The molecule has 0 atom stereocenters. The second-order valence-corrected chi connectivity index (χ2v) is 14.2. The van der Waals surface area contributed by atoms with Crippen LogP contribution in [0.25, 0.3) is 66.1 Å². The molecule has 10 rings (SSSR count). The van der Waals surface area contributed by atoms with Crippen molar-refractivity contribution in [1.29, 1.82) is 0 Å². The average Bonchev–Trinajstić information content (AvgIpc) is 3.75. The van der Waals surface area contributed by atoms with Gasteiger partial charge in [-0.05, 0) is 88.2 Å². The Morgan fingerprint density at radius 2 is 1.04 bits per heavy atom. The fourth-order valence-electron chi connectivity index (χ4n) is 9.20. The van der Waals surface area contributed by atoms with Crippen molar-refractivity contribution in [1.82, 2.24) is 0 Å². The van der Waals surface area contributed by atoms with Gasteiger partial charge < -0.3 is 9.32 Å². The van der Waals surface area contributed by atoms with Crippen molar-refractivity contribution in [3.63, 3.8) is 0 Å². The third-order valence-corrected chi connectivity index (χ3v) is 11.8. The molecule has 0 spiro atoms. The monoisotopic (exact) mass is 681 g/mol. The minimum absolute atomic E-state index is 0.0494. The molecule has 0 saturated carbocycles. The summed E-state index contributed by atoms with van der Waals surface area (Å²) < 4.78 is 6.60. The van der Waals surface area contributed by atoms with E-state index in [1.54, 1.807) is 0 Å². The molecular weight excluding hydrogens is 643 g/mol. The highest BCUT2D eigenvalue weighted by atomic mass is 16.3. The molecular formula is C51H39NO. The van der Waals surface area contributed by atoms with E-state index < -0.39 is 0 Å². The van der Waals surface area contributed by atoms with Gasteiger partial charge in [-0.1, -0.05) is 153 Å². The van der Waals surface area contributed by atoms with E-state index in [9.17, 15) is 0 Å². The summed E-state index contributed by atoms with van der Waals surface area (Å²) in [5.41, 5.74) is 15.5. The van der Waals surface area contributed by atoms with Crippen molar-refractivity contribution in [2.75, 3.05) is 4.90 Å². The normalized spacial score (nSPS) is 13.0. The first-order valence-electron chi connectivity index (χ1n) is 18.8. The summed E-state index contributed by atoms with van der Waals surface area (Å²) in [5, 5.41) is 4.53. The first-order valence-corrected chi connectivity index (χ1v) is 18.8. The van der Waals surface area contributed by atoms with Crippen molar-refractivity contribution >= 4 is 49.8 Å². The number of furan rings is 1. The first kappa shape index (κ1) is 31.4. The molecule has 1 heterocycles. The smallest absolute Gasteiger partial charge is 0.143 e. The van der Waals surface area contributed by atoms with Gasteiger partial charge in [-0.25, -0.2) is 0 Å². The summed E-state index contributed by atoms with van der Waals surface area (Å²) in [5.74, 6) is 0. The van der Waals surface area contributed by atoms with Crippen LogP contribution in [0.3, 0.4) is 0 Å². The first-order chi connectivity index (χ1) is 26.2. The van der Waals surface area contributed by atoms with Gasteiger partial charge in [-0.2, -0.15) is 0 Å². The topological polar surface area (TPSA) is 16.4 Å². The number of rotatable bonds is 7. The standard InChI is InChI=1S/C51H39NO/c1-3-51(4-2)45-25-13-10-21-38(45)39-30-29-35(33-46(39)51)52(47-26-14-11-22-40(47)37-20-9-8-19-36(37)34-17-6-5-7-18-34)48-27-16-24-43-41(48)31-32-44-42-23-12-15-28-49(42)53-50(43)44/h5-33H,3-4H2,1-2H3. The van der Waals surface area contributed by atoms with E-state index in [1.807, 2.05) is 6.07 Å². The fourth-order valence-corrected chi connectivity index (χ4v) is 9.20. The van der Waals surface area contributed by atoms with E-state index in [-0.39, 0.29) is 5.41 Å². The highest BCUT2D eigenvalue weighted by Crippen LogP contribution is 2.55. The molecule has 2 heteroatoms. The summed E-state index contributed by atoms with van der Waals surface area (Å²) in [4.78, 5) is 2.49. The molecule has 0 N–H and O–H groups in total. The Hall–Kier alpha value is -6.38. The summed E-state index contributed by atoms with van der Waals surface area (Å²) in [7, 11) is 0. The lowest BCUT2D eigenvalue weighted by atomic mass is 9.74. The maximum absolute atomic E-state index is 6.60. The molecule has 1 aliphatic rings. The van der Waals surface area contributed by atoms with Gasteiger partial charge in [0.15, 0.2) is 0 Å². The van der Waals surface area contributed by atoms with Gasteiger partial charge >= 0.3 is 0 Å². The lowest BCUT2D eigenvalue weighted by Crippen LogP contribution is -2.23. The molecule has 1 aromatic heterocycles. The van der Waals surface area contributed by atoms with Crippen LogP contribution in [-0.2, 0) is 5.41 Å². The zero-order valence-electron chi connectivity index (χ0n) is 30.0. The molecule has 2 nitrogen and oxygen atoms in total. The lowest BCUT2D eigenvalue weighted by Gasteiger charge is -2.33. The Balaban J connectivity index is 1.26. The van der Waals surface area contributed by atoms with Gasteiger partial charge in [0.25, 0.3) is 0 Å². The molecule has 0 aliphatic heterocycles. The molecule has 0 fully saturated rings. The largest absolute Gasteiger partial charge is 0.455 e. The Labute approximate surface area is 310 Å². The minimum atomic E-state index is -0.0494. The van der Waals surface area contributed by atoms with Crippen LogP contribution in [0, 0.1) is 0 Å². The lowest BCUT2D eigenvalue weighted by molar-refractivity contribution is 0.490. The molecule has 9 aromatic rings. The third kappa shape index (κ3) is 4.72. The number of hydrogen-bond donors (Lipinski definition) is 0. The second-order valence-electron chi connectivity index (χ2n) is 14.2. The van der Waals surface area contributed by atoms with Gasteiger partial charge in [0.2, 0.25) is 0 Å². The predicted molar refractivity (Wildman–Crippen MR) is 224 cm³/mol. The van der Waals surface area contributed by atoms with E-state index in [4.69, 9.17) is 4.42 Å². The van der Waals surface area contributed by atoms with Crippen molar-refractivity contribution in [3.8, 4) is 33.4 Å². The van der Waals surface area contributed by atoms with Crippen LogP contribution in [0.4, 0.5) is 17.1 Å². The molecule has 0 unspecified atom stereocenters. The van der Waals surface area contributed by atoms with E-state index in [1.165, 1.54) is 44.5 Å². The van der Waals surface area contributed by atoms with E-state index >= 15 is 0 Å². The predicted octanol–water partition coefficient (Wildman–Crippen LogP) is 14.6. The van der Waals surface area contributed by atoms with Crippen LogP contribution in [0.2, 0.25) is 0 Å². The van der Waals surface area contributed by atoms with Crippen LogP contribution < -0.4 is 4.90 Å². The Morgan fingerprint density at radius 3 is 1.87 bits per heavy atom. The summed E-state index contributed by atoms with van der Waals surface area (Å²) in [6.07, 6.45) is 2.08. The average molecular weight is 682 g/mol. The van der Waals surface area contributed by atoms with Gasteiger partial charge in [0.1, 0.15) is 11.2 Å². The SMILES string of the molecule is CCC1(CC)c2ccccc2-c2ccc(N(c3ccccc3-c3ccccc3-c3ccccc3)c3cccc4c3ccc3c5ccccc5oc43)cc21. The van der Waals surface area contributed by atoms with E-state index in [0.29, 0.717) is 0 Å². The maximum atomic E-state index is 6.60. The number of para-hydroxylation sites is 2. The molecule has 0 saturated heterocycles. The Morgan fingerprint density at radius 1 is 0.434 bits per heavy atom.